The van der Waals surface area contributed by atoms with Crippen LogP contribution in [0.15, 0.2) is 24.3 Å². The molecule has 1 amide bonds. The first-order chi connectivity index (χ1) is 12.8. The van der Waals surface area contributed by atoms with E-state index in [0.717, 1.165) is 36.4 Å². The number of benzene rings is 1. The number of H-pyrrole nitrogens is 1. The summed E-state index contributed by atoms with van der Waals surface area (Å²) in [6.45, 7) is 0.965. The molecular formula is C17H19F3N4O3. The second-order valence-corrected chi connectivity index (χ2v) is 6.16. The number of aliphatic hydroxyl groups excluding tert-OH is 1. The Kier molecular flexibility index (Phi) is 5.66. The van der Waals surface area contributed by atoms with Crippen molar-refractivity contribution in [2.24, 2.45) is 0 Å². The molecule has 0 saturated heterocycles. The van der Waals surface area contributed by atoms with E-state index >= 15 is 0 Å². The van der Waals surface area contributed by atoms with Crippen LogP contribution in [0.3, 0.4) is 0 Å². The zero-order chi connectivity index (χ0) is 19.4. The van der Waals surface area contributed by atoms with Crippen molar-refractivity contribution >= 4 is 5.91 Å². The molecule has 0 bridgehead atoms. The molecule has 1 aromatic carbocycles. The lowest BCUT2D eigenvalue weighted by molar-refractivity contribution is -0.137. The molecule has 0 fully saturated rings. The topological polar surface area (TPSA) is 99.3 Å². The summed E-state index contributed by atoms with van der Waals surface area (Å²) in [5.41, 5.74) is 1.14. The predicted octanol–water partition coefficient (Wildman–Crippen LogP) is 1.24. The number of hydrogen-bond acceptors (Lipinski definition) is 5. The summed E-state index contributed by atoms with van der Waals surface area (Å²) in [5, 5.41) is 22.5. The summed E-state index contributed by atoms with van der Waals surface area (Å²) in [6.07, 6.45) is -4.80. The number of hydrogen-bond donors (Lipinski definition) is 4. The fraction of sp³-hybridized carbons (Fsp3) is 0.412. The van der Waals surface area contributed by atoms with E-state index in [1.54, 1.807) is 0 Å². The minimum absolute atomic E-state index is 0.0114. The van der Waals surface area contributed by atoms with Crippen LogP contribution in [-0.4, -0.2) is 47.0 Å². The van der Waals surface area contributed by atoms with Crippen LogP contribution in [0.5, 0.6) is 5.75 Å². The Morgan fingerprint density at radius 2 is 2.22 bits per heavy atom. The van der Waals surface area contributed by atoms with Gasteiger partial charge in [-0.05, 0) is 18.2 Å². The Labute approximate surface area is 152 Å². The minimum atomic E-state index is -4.47. The lowest BCUT2D eigenvalue weighted by atomic mass is 10.1. The van der Waals surface area contributed by atoms with Gasteiger partial charge in [0.05, 0.1) is 5.56 Å². The van der Waals surface area contributed by atoms with Crippen molar-refractivity contribution in [3.8, 4) is 5.75 Å². The molecular weight excluding hydrogens is 365 g/mol. The van der Waals surface area contributed by atoms with Crippen molar-refractivity contribution in [3.63, 3.8) is 0 Å². The molecule has 2 aromatic rings. The lowest BCUT2D eigenvalue weighted by Crippen LogP contribution is -2.36. The number of carbonyl (C=O) groups is 1. The van der Waals surface area contributed by atoms with Gasteiger partial charge in [0.25, 0.3) is 5.91 Å². The van der Waals surface area contributed by atoms with Crippen LogP contribution in [0.25, 0.3) is 0 Å². The molecule has 4 N–H and O–H groups in total. The van der Waals surface area contributed by atoms with Gasteiger partial charge < -0.3 is 20.5 Å². The van der Waals surface area contributed by atoms with Crippen molar-refractivity contribution < 1.29 is 27.8 Å². The molecule has 1 aliphatic heterocycles. The molecule has 27 heavy (non-hydrogen) atoms. The van der Waals surface area contributed by atoms with Crippen LogP contribution >= 0.6 is 0 Å². The Morgan fingerprint density at radius 1 is 1.41 bits per heavy atom. The SMILES string of the molecule is O=C(NCC(O)COc1cccc(C(F)(F)F)c1)c1n[nH]c2c1CNCC2. The number of carbonyl (C=O) groups excluding carboxylic acids is 1. The highest BCUT2D eigenvalue weighted by Gasteiger charge is 2.30. The van der Waals surface area contributed by atoms with Gasteiger partial charge in [-0.15, -0.1) is 0 Å². The predicted molar refractivity (Wildman–Crippen MR) is 89.3 cm³/mol. The van der Waals surface area contributed by atoms with Crippen LogP contribution in [0.1, 0.15) is 27.3 Å². The molecule has 2 heterocycles. The molecule has 3 rings (SSSR count). The van der Waals surface area contributed by atoms with Crippen LogP contribution in [0.2, 0.25) is 0 Å². The highest BCUT2D eigenvalue weighted by Crippen LogP contribution is 2.31. The average Bonchev–Trinajstić information content (AvgIpc) is 3.08. The van der Waals surface area contributed by atoms with E-state index in [2.05, 4.69) is 20.8 Å². The zero-order valence-electron chi connectivity index (χ0n) is 14.3. The maximum absolute atomic E-state index is 12.7. The maximum atomic E-state index is 12.7. The van der Waals surface area contributed by atoms with Crippen LogP contribution < -0.4 is 15.4 Å². The van der Waals surface area contributed by atoms with Gasteiger partial charge >= 0.3 is 6.18 Å². The number of aliphatic hydroxyl groups is 1. The van der Waals surface area contributed by atoms with Crippen LogP contribution in [-0.2, 0) is 19.1 Å². The average molecular weight is 384 g/mol. The summed E-state index contributed by atoms with van der Waals surface area (Å²) in [4.78, 5) is 12.2. The number of nitrogens with one attached hydrogen (secondary N) is 3. The molecule has 1 aromatic heterocycles. The number of aromatic nitrogens is 2. The van der Waals surface area contributed by atoms with E-state index in [-0.39, 0.29) is 24.6 Å². The molecule has 7 nitrogen and oxygen atoms in total. The zero-order valence-corrected chi connectivity index (χ0v) is 14.3. The summed E-state index contributed by atoms with van der Waals surface area (Å²) in [7, 11) is 0. The monoisotopic (exact) mass is 384 g/mol. The van der Waals surface area contributed by atoms with Crippen molar-refractivity contribution in [3.05, 3.63) is 46.8 Å². The number of alkyl halides is 3. The van der Waals surface area contributed by atoms with E-state index in [4.69, 9.17) is 4.74 Å². The third kappa shape index (κ3) is 4.77. The Bertz CT molecular complexity index is 807. The van der Waals surface area contributed by atoms with Crippen molar-refractivity contribution in [2.45, 2.75) is 25.2 Å². The molecule has 1 atom stereocenters. The van der Waals surface area contributed by atoms with Crippen molar-refractivity contribution in [2.75, 3.05) is 19.7 Å². The van der Waals surface area contributed by atoms with Gasteiger partial charge in [-0.2, -0.15) is 18.3 Å². The molecule has 0 saturated carbocycles. The van der Waals surface area contributed by atoms with Gasteiger partial charge in [0.1, 0.15) is 18.5 Å². The summed E-state index contributed by atoms with van der Waals surface area (Å²) in [6, 6.07) is 4.38. The molecule has 0 aliphatic carbocycles. The van der Waals surface area contributed by atoms with Gasteiger partial charge in [-0.25, -0.2) is 0 Å². The van der Waals surface area contributed by atoms with Crippen LogP contribution in [0.4, 0.5) is 13.2 Å². The molecule has 0 radical (unpaired) electrons. The fourth-order valence-corrected chi connectivity index (χ4v) is 2.72. The van der Waals surface area contributed by atoms with E-state index in [1.807, 2.05) is 0 Å². The Hall–Kier alpha value is -2.59. The second kappa shape index (κ2) is 7.97. The number of amides is 1. The quantitative estimate of drug-likeness (QED) is 0.601. The van der Waals surface area contributed by atoms with E-state index in [0.29, 0.717) is 6.54 Å². The number of ether oxygens (including phenoxy) is 1. The second-order valence-electron chi connectivity index (χ2n) is 6.16. The molecule has 0 spiro atoms. The van der Waals surface area contributed by atoms with E-state index in [1.165, 1.54) is 12.1 Å². The third-order valence-electron chi connectivity index (χ3n) is 4.12. The highest BCUT2D eigenvalue weighted by molar-refractivity contribution is 5.94. The summed E-state index contributed by atoms with van der Waals surface area (Å²) < 4.78 is 43.2. The van der Waals surface area contributed by atoms with Crippen LogP contribution in [0, 0.1) is 0 Å². The number of halogens is 3. The lowest BCUT2D eigenvalue weighted by Gasteiger charge is -2.15. The fourth-order valence-electron chi connectivity index (χ4n) is 2.72. The maximum Gasteiger partial charge on any atom is 0.416 e. The molecule has 1 unspecified atom stereocenters. The van der Waals surface area contributed by atoms with Crippen molar-refractivity contribution in [1.29, 1.82) is 0 Å². The minimum Gasteiger partial charge on any atom is -0.491 e. The van der Waals surface area contributed by atoms with Gasteiger partial charge in [0, 0.05) is 37.3 Å². The number of nitrogens with zero attached hydrogens (tertiary/aromatic N) is 1. The van der Waals surface area contributed by atoms with Crippen molar-refractivity contribution in [1.82, 2.24) is 20.8 Å². The Morgan fingerprint density at radius 3 is 3.00 bits per heavy atom. The molecule has 1 aliphatic rings. The smallest absolute Gasteiger partial charge is 0.416 e. The standard InChI is InChI=1S/C17H19F3N4O3/c18-17(19,20)10-2-1-3-12(6-10)27-9-11(25)7-22-16(26)15-13-8-21-5-4-14(13)23-24-15/h1-3,6,11,21,25H,4-5,7-9H2,(H,22,26)(H,23,24). The first kappa shape index (κ1) is 19.2. The van der Waals surface area contributed by atoms with E-state index < -0.39 is 23.8 Å². The first-order valence-corrected chi connectivity index (χ1v) is 8.37. The van der Waals surface area contributed by atoms with Gasteiger partial charge in [0.15, 0.2) is 5.69 Å². The Balaban J connectivity index is 1.49. The van der Waals surface area contributed by atoms with Gasteiger partial charge in [0.2, 0.25) is 0 Å². The van der Waals surface area contributed by atoms with E-state index in [9.17, 15) is 23.1 Å². The number of aromatic amines is 1. The largest absolute Gasteiger partial charge is 0.491 e. The summed E-state index contributed by atoms with van der Waals surface area (Å²) >= 11 is 0. The number of rotatable bonds is 6. The van der Waals surface area contributed by atoms with Gasteiger partial charge in [-0.1, -0.05) is 6.07 Å². The third-order valence-corrected chi connectivity index (χ3v) is 4.12. The highest BCUT2D eigenvalue weighted by atomic mass is 19.4. The summed E-state index contributed by atoms with van der Waals surface area (Å²) in [5.74, 6) is -0.447. The number of fused-ring (bicyclic) bond motifs is 1. The first-order valence-electron chi connectivity index (χ1n) is 8.37. The molecule has 10 heteroatoms. The molecule has 146 valence electrons. The normalized spacial score (nSPS) is 15.1. The van der Waals surface area contributed by atoms with Gasteiger partial charge in [-0.3, -0.25) is 9.89 Å².